The Balaban J connectivity index is 0.00000150. The maximum atomic E-state index is 13.1. The fourth-order valence-corrected chi connectivity index (χ4v) is 4.18. The highest BCUT2D eigenvalue weighted by Crippen LogP contribution is 2.50. The molecule has 0 bridgehead atoms. The molecule has 2 aliphatic rings. The van der Waals surface area contributed by atoms with E-state index in [2.05, 4.69) is 9.88 Å². The van der Waals surface area contributed by atoms with Crippen molar-refractivity contribution in [1.29, 1.82) is 0 Å². The maximum Gasteiger partial charge on any atom is 0.298 e. The van der Waals surface area contributed by atoms with E-state index in [9.17, 15) is 4.79 Å². The lowest BCUT2D eigenvalue weighted by molar-refractivity contribution is -0.179. The minimum absolute atomic E-state index is 0. The number of hydrogen-bond donors (Lipinski definition) is 1. The monoisotopic (exact) mass is 444 g/mol. The first-order valence-corrected chi connectivity index (χ1v) is 9.67. The predicted octanol–water partition coefficient (Wildman–Crippen LogP) is 2.85. The van der Waals surface area contributed by atoms with Crippen LogP contribution < -0.4 is 10.6 Å². The first kappa shape index (κ1) is 23.7. The van der Waals surface area contributed by atoms with Crippen molar-refractivity contribution in [3.8, 4) is 0 Å². The molecule has 29 heavy (non-hydrogen) atoms. The molecule has 9 heteroatoms. The molecule has 1 amide bonds. The number of hydrogen-bond acceptors (Lipinski definition) is 6. The number of fused-ring (bicyclic) bond motifs is 1. The SMILES string of the molecule is CCOC1CC(N)(C(=O)N2CCN(c3nc4ccccc4o3)CC2)C1(C)C.Cl.Cl. The lowest BCUT2D eigenvalue weighted by Gasteiger charge is -2.59. The maximum absolute atomic E-state index is 13.1. The van der Waals surface area contributed by atoms with Gasteiger partial charge in [0.15, 0.2) is 5.58 Å². The third-order valence-corrected chi connectivity index (χ3v) is 6.33. The summed E-state index contributed by atoms with van der Waals surface area (Å²) in [6, 6.07) is 8.35. The van der Waals surface area contributed by atoms with E-state index in [-0.39, 0.29) is 42.2 Å². The van der Waals surface area contributed by atoms with Crippen molar-refractivity contribution in [2.45, 2.75) is 38.8 Å². The standard InChI is InChI=1S/C20H28N4O3.2ClH/c1-4-26-16-13-20(21,19(16,2)3)17(25)23-9-11-24(12-10-23)18-22-14-7-5-6-8-15(14)27-18;;/h5-8,16H,4,9-13,21H2,1-3H3;2*1H. The fourth-order valence-electron chi connectivity index (χ4n) is 4.18. The van der Waals surface area contributed by atoms with Crippen LogP contribution in [0.4, 0.5) is 6.01 Å². The smallest absolute Gasteiger partial charge is 0.298 e. The lowest BCUT2D eigenvalue weighted by atomic mass is 9.54. The van der Waals surface area contributed by atoms with Gasteiger partial charge in [-0.1, -0.05) is 26.0 Å². The molecule has 7 nitrogen and oxygen atoms in total. The number of amides is 1. The van der Waals surface area contributed by atoms with E-state index >= 15 is 0 Å². The molecular formula is C20H30Cl2N4O3. The van der Waals surface area contributed by atoms with E-state index in [4.69, 9.17) is 14.9 Å². The fraction of sp³-hybridized carbons (Fsp3) is 0.600. The van der Waals surface area contributed by atoms with Gasteiger partial charge in [0.2, 0.25) is 5.91 Å². The molecule has 2 fully saturated rings. The van der Waals surface area contributed by atoms with Crippen LogP contribution >= 0.6 is 24.8 Å². The molecule has 1 saturated carbocycles. The van der Waals surface area contributed by atoms with Crippen LogP contribution in [-0.4, -0.2) is 60.2 Å². The first-order chi connectivity index (χ1) is 12.9. The summed E-state index contributed by atoms with van der Waals surface area (Å²) in [5.74, 6) is 0.0284. The molecule has 162 valence electrons. The second-order valence-corrected chi connectivity index (χ2v) is 8.08. The summed E-state index contributed by atoms with van der Waals surface area (Å²) in [7, 11) is 0. The number of anilines is 1. The highest BCUT2D eigenvalue weighted by Gasteiger charge is 2.63. The second-order valence-electron chi connectivity index (χ2n) is 8.08. The molecule has 0 spiro atoms. The molecule has 0 radical (unpaired) electrons. The number of piperazine rings is 1. The molecular weight excluding hydrogens is 415 g/mol. The van der Waals surface area contributed by atoms with Crippen LogP contribution in [0.5, 0.6) is 0 Å². The van der Waals surface area contributed by atoms with E-state index in [1.807, 2.05) is 49.9 Å². The van der Waals surface area contributed by atoms with Crippen LogP contribution in [0.15, 0.2) is 28.7 Å². The van der Waals surface area contributed by atoms with Crippen LogP contribution in [0, 0.1) is 5.41 Å². The molecule has 1 aliphatic carbocycles. The second kappa shape index (κ2) is 8.68. The van der Waals surface area contributed by atoms with Crippen molar-refractivity contribution in [3.05, 3.63) is 24.3 Å². The number of carbonyl (C=O) groups is 1. The first-order valence-electron chi connectivity index (χ1n) is 9.67. The van der Waals surface area contributed by atoms with E-state index in [1.54, 1.807) is 0 Å². The van der Waals surface area contributed by atoms with Crippen molar-refractivity contribution in [1.82, 2.24) is 9.88 Å². The summed E-state index contributed by atoms with van der Waals surface area (Å²) < 4.78 is 11.6. The molecule has 4 rings (SSSR count). The van der Waals surface area contributed by atoms with Crippen LogP contribution in [0.3, 0.4) is 0 Å². The number of oxazole rings is 1. The summed E-state index contributed by atoms with van der Waals surface area (Å²) in [6.45, 7) is 9.28. The van der Waals surface area contributed by atoms with E-state index in [1.165, 1.54) is 0 Å². The van der Waals surface area contributed by atoms with Gasteiger partial charge in [-0.2, -0.15) is 4.98 Å². The van der Waals surface area contributed by atoms with Crippen LogP contribution in [0.2, 0.25) is 0 Å². The highest BCUT2D eigenvalue weighted by molar-refractivity contribution is 5.89. The molecule has 1 aromatic carbocycles. The molecule has 2 unspecified atom stereocenters. The van der Waals surface area contributed by atoms with Gasteiger partial charge in [0.05, 0.1) is 6.10 Å². The summed E-state index contributed by atoms with van der Waals surface area (Å²) in [6.07, 6.45) is 0.621. The third kappa shape index (κ3) is 3.81. The van der Waals surface area contributed by atoms with Crippen molar-refractivity contribution in [2.24, 2.45) is 11.1 Å². The van der Waals surface area contributed by atoms with Gasteiger partial charge in [0.25, 0.3) is 6.01 Å². The van der Waals surface area contributed by atoms with Gasteiger partial charge in [-0.05, 0) is 19.1 Å². The minimum atomic E-state index is -0.855. The predicted molar refractivity (Wildman–Crippen MR) is 118 cm³/mol. The molecule has 1 aromatic heterocycles. The summed E-state index contributed by atoms with van der Waals surface area (Å²) in [4.78, 5) is 21.7. The number of para-hydroxylation sites is 2. The van der Waals surface area contributed by atoms with Crippen molar-refractivity contribution >= 4 is 47.8 Å². The van der Waals surface area contributed by atoms with E-state index in [0.717, 1.165) is 11.1 Å². The Kier molecular flexibility index (Phi) is 7.10. The number of rotatable bonds is 4. The average molecular weight is 445 g/mol. The zero-order valence-electron chi connectivity index (χ0n) is 17.1. The van der Waals surface area contributed by atoms with Crippen LogP contribution in [-0.2, 0) is 9.53 Å². The van der Waals surface area contributed by atoms with Crippen LogP contribution in [0.1, 0.15) is 27.2 Å². The molecule has 2 heterocycles. The number of nitrogens with zero attached hydrogens (tertiary/aromatic N) is 3. The lowest BCUT2D eigenvalue weighted by Crippen LogP contribution is -2.76. The highest BCUT2D eigenvalue weighted by atomic mass is 35.5. The molecule has 1 saturated heterocycles. The zero-order chi connectivity index (χ0) is 19.2. The number of halogens is 2. The number of aromatic nitrogens is 1. The molecule has 1 aliphatic heterocycles. The topological polar surface area (TPSA) is 84.8 Å². The Labute approximate surface area is 183 Å². The molecule has 2 aromatic rings. The number of nitrogens with two attached hydrogens (primary N) is 1. The number of benzene rings is 1. The quantitative estimate of drug-likeness (QED) is 0.779. The Morgan fingerprint density at radius 2 is 1.90 bits per heavy atom. The van der Waals surface area contributed by atoms with Gasteiger partial charge in [-0.3, -0.25) is 4.79 Å². The van der Waals surface area contributed by atoms with E-state index < -0.39 is 5.54 Å². The third-order valence-electron chi connectivity index (χ3n) is 6.33. The molecule has 2 N–H and O–H groups in total. The van der Waals surface area contributed by atoms with Gasteiger partial charge in [-0.25, -0.2) is 0 Å². The Morgan fingerprint density at radius 1 is 1.24 bits per heavy atom. The average Bonchev–Trinajstić information content (AvgIpc) is 3.11. The summed E-state index contributed by atoms with van der Waals surface area (Å²) in [5.41, 5.74) is 6.97. The van der Waals surface area contributed by atoms with Crippen molar-refractivity contribution < 1.29 is 13.9 Å². The number of carbonyl (C=O) groups excluding carboxylic acids is 1. The molecule has 2 atom stereocenters. The van der Waals surface area contributed by atoms with Crippen LogP contribution in [0.25, 0.3) is 11.1 Å². The minimum Gasteiger partial charge on any atom is -0.423 e. The summed E-state index contributed by atoms with van der Waals surface area (Å²) >= 11 is 0. The number of ether oxygens (including phenoxy) is 1. The van der Waals surface area contributed by atoms with E-state index in [0.29, 0.717) is 45.2 Å². The summed E-state index contributed by atoms with van der Waals surface area (Å²) in [5, 5.41) is 0. The van der Waals surface area contributed by atoms with Gasteiger partial charge in [0, 0.05) is 44.6 Å². The Hall–Kier alpha value is -1.54. The zero-order valence-corrected chi connectivity index (χ0v) is 18.7. The van der Waals surface area contributed by atoms with Gasteiger partial charge in [0.1, 0.15) is 11.1 Å². The Bertz CT molecular complexity index is 818. The van der Waals surface area contributed by atoms with Gasteiger partial charge < -0.3 is 24.7 Å². The van der Waals surface area contributed by atoms with Gasteiger partial charge >= 0.3 is 0 Å². The largest absolute Gasteiger partial charge is 0.423 e. The van der Waals surface area contributed by atoms with Gasteiger partial charge in [-0.15, -0.1) is 24.8 Å². The van der Waals surface area contributed by atoms with Crippen molar-refractivity contribution in [3.63, 3.8) is 0 Å². The Morgan fingerprint density at radius 3 is 2.48 bits per heavy atom. The van der Waals surface area contributed by atoms with Crippen molar-refractivity contribution in [2.75, 3.05) is 37.7 Å². The normalized spacial score (nSPS) is 25.7.